The van der Waals surface area contributed by atoms with E-state index in [0.717, 1.165) is 0 Å². The van der Waals surface area contributed by atoms with E-state index in [2.05, 4.69) is 20.3 Å². The minimum atomic E-state index is -0.814. The van der Waals surface area contributed by atoms with Gasteiger partial charge >= 0.3 is 12.1 Å². The molecule has 1 heterocycles. The third-order valence-electron chi connectivity index (χ3n) is 1.45. The molecule has 1 amide bonds. The third-order valence-corrected chi connectivity index (χ3v) is 1.45. The number of primary amides is 1. The fourth-order valence-corrected chi connectivity index (χ4v) is 0.859. The molecule has 0 saturated heterocycles. The standard InChI is InChI=1S/C7H13N5O3/c8-2-1-5-11-12-7(15-5)10-3-4-14-6(9)13/h1-4,8H2,(H2,9,13)(H,10,12). The highest BCUT2D eigenvalue weighted by Crippen LogP contribution is 2.04. The maximum Gasteiger partial charge on any atom is 0.404 e. The summed E-state index contributed by atoms with van der Waals surface area (Å²) >= 11 is 0. The van der Waals surface area contributed by atoms with Crippen molar-refractivity contribution in [2.45, 2.75) is 6.42 Å². The molecule has 1 aromatic rings. The zero-order chi connectivity index (χ0) is 11.1. The van der Waals surface area contributed by atoms with Crippen molar-refractivity contribution in [1.29, 1.82) is 0 Å². The van der Waals surface area contributed by atoms with Crippen LogP contribution in [0.2, 0.25) is 0 Å². The molecule has 0 aliphatic carbocycles. The van der Waals surface area contributed by atoms with Gasteiger partial charge in [0.15, 0.2) is 0 Å². The van der Waals surface area contributed by atoms with E-state index in [1.165, 1.54) is 0 Å². The molecule has 0 aliphatic rings. The highest BCUT2D eigenvalue weighted by molar-refractivity contribution is 5.64. The molecule has 0 fully saturated rings. The lowest BCUT2D eigenvalue weighted by Crippen LogP contribution is -2.18. The number of carbonyl (C=O) groups is 1. The summed E-state index contributed by atoms with van der Waals surface area (Å²) < 4.78 is 9.63. The van der Waals surface area contributed by atoms with Crippen LogP contribution < -0.4 is 16.8 Å². The predicted octanol–water partition coefficient (Wildman–Crippen LogP) is -0.922. The normalized spacial score (nSPS) is 9.93. The van der Waals surface area contributed by atoms with Gasteiger partial charge in [-0.3, -0.25) is 0 Å². The minimum Gasteiger partial charge on any atom is -0.448 e. The predicted molar refractivity (Wildman–Crippen MR) is 51.1 cm³/mol. The number of hydrogen-bond acceptors (Lipinski definition) is 7. The molecule has 0 spiro atoms. The topological polar surface area (TPSA) is 129 Å². The van der Waals surface area contributed by atoms with E-state index in [-0.39, 0.29) is 12.6 Å². The van der Waals surface area contributed by atoms with Crippen LogP contribution in [0.25, 0.3) is 0 Å². The number of aromatic nitrogens is 2. The number of hydrogen-bond donors (Lipinski definition) is 3. The molecule has 5 N–H and O–H groups in total. The Bertz CT molecular complexity index is 313. The third kappa shape index (κ3) is 4.27. The quantitative estimate of drug-likeness (QED) is 0.523. The lowest BCUT2D eigenvalue weighted by atomic mass is 10.4. The van der Waals surface area contributed by atoms with Gasteiger partial charge in [-0.2, -0.15) is 0 Å². The van der Waals surface area contributed by atoms with Crippen LogP contribution in [-0.2, 0) is 11.2 Å². The summed E-state index contributed by atoms with van der Waals surface area (Å²) in [7, 11) is 0. The van der Waals surface area contributed by atoms with Gasteiger partial charge in [-0.15, -0.1) is 5.10 Å². The largest absolute Gasteiger partial charge is 0.448 e. The molecular weight excluding hydrogens is 202 g/mol. The van der Waals surface area contributed by atoms with Crippen LogP contribution in [0.3, 0.4) is 0 Å². The van der Waals surface area contributed by atoms with Crippen molar-refractivity contribution in [3.63, 3.8) is 0 Å². The van der Waals surface area contributed by atoms with Crippen molar-refractivity contribution in [3.05, 3.63) is 5.89 Å². The number of amides is 1. The van der Waals surface area contributed by atoms with Crippen molar-refractivity contribution in [2.24, 2.45) is 11.5 Å². The molecule has 84 valence electrons. The first kappa shape index (κ1) is 11.2. The van der Waals surface area contributed by atoms with Crippen LogP contribution in [0.4, 0.5) is 10.8 Å². The Morgan fingerprint density at radius 3 is 3.00 bits per heavy atom. The van der Waals surface area contributed by atoms with Gasteiger partial charge in [0.2, 0.25) is 5.89 Å². The SMILES string of the molecule is NCCc1nnc(NCCOC(N)=O)o1. The second-order valence-corrected chi connectivity index (χ2v) is 2.63. The average Bonchev–Trinajstić information content (AvgIpc) is 2.61. The van der Waals surface area contributed by atoms with Gasteiger partial charge in [-0.1, -0.05) is 5.10 Å². The Labute approximate surface area is 86.0 Å². The van der Waals surface area contributed by atoms with E-state index >= 15 is 0 Å². The second-order valence-electron chi connectivity index (χ2n) is 2.63. The van der Waals surface area contributed by atoms with E-state index in [4.69, 9.17) is 15.9 Å². The summed E-state index contributed by atoms with van der Waals surface area (Å²) in [4.78, 5) is 10.2. The molecule has 0 atom stereocenters. The van der Waals surface area contributed by atoms with Gasteiger partial charge in [0.05, 0.1) is 6.54 Å². The van der Waals surface area contributed by atoms with Crippen LogP contribution >= 0.6 is 0 Å². The molecular formula is C7H13N5O3. The molecule has 0 aromatic carbocycles. The summed E-state index contributed by atoms with van der Waals surface area (Å²) in [6, 6.07) is 0.270. The molecule has 1 rings (SSSR count). The number of nitrogens with one attached hydrogen (secondary N) is 1. The van der Waals surface area contributed by atoms with Gasteiger partial charge in [0.25, 0.3) is 0 Å². The first-order valence-electron chi connectivity index (χ1n) is 4.41. The van der Waals surface area contributed by atoms with Gasteiger partial charge in [-0.05, 0) is 0 Å². The van der Waals surface area contributed by atoms with E-state index in [0.29, 0.717) is 25.4 Å². The van der Waals surface area contributed by atoms with Crippen LogP contribution in [0, 0.1) is 0 Å². The van der Waals surface area contributed by atoms with E-state index in [1.807, 2.05) is 0 Å². The number of anilines is 1. The molecule has 0 aliphatic heterocycles. The van der Waals surface area contributed by atoms with Gasteiger partial charge < -0.3 is 25.9 Å². The summed E-state index contributed by atoms with van der Waals surface area (Å²) in [6.45, 7) is 0.948. The Balaban J connectivity index is 2.22. The first-order valence-corrected chi connectivity index (χ1v) is 4.41. The molecule has 0 unspecified atom stereocenters. The van der Waals surface area contributed by atoms with Crippen LogP contribution in [0.5, 0.6) is 0 Å². The Morgan fingerprint density at radius 1 is 1.53 bits per heavy atom. The zero-order valence-corrected chi connectivity index (χ0v) is 8.10. The van der Waals surface area contributed by atoms with E-state index < -0.39 is 6.09 Å². The van der Waals surface area contributed by atoms with Crippen molar-refractivity contribution in [1.82, 2.24) is 10.2 Å². The highest BCUT2D eigenvalue weighted by atomic mass is 16.5. The van der Waals surface area contributed by atoms with Crippen molar-refractivity contribution >= 4 is 12.1 Å². The summed E-state index contributed by atoms with van der Waals surface area (Å²) in [5.41, 5.74) is 10.1. The van der Waals surface area contributed by atoms with Crippen molar-refractivity contribution < 1.29 is 13.9 Å². The summed E-state index contributed by atoms with van der Waals surface area (Å²) in [5.74, 6) is 0.468. The van der Waals surface area contributed by atoms with Crippen LogP contribution in [-0.4, -0.2) is 36.0 Å². The zero-order valence-electron chi connectivity index (χ0n) is 8.10. The Hall–Kier alpha value is -1.83. The highest BCUT2D eigenvalue weighted by Gasteiger charge is 2.03. The van der Waals surface area contributed by atoms with Gasteiger partial charge in [-0.25, -0.2) is 4.79 Å². The first-order chi connectivity index (χ1) is 7.22. The number of ether oxygens (including phenoxy) is 1. The minimum absolute atomic E-state index is 0.143. The molecule has 8 nitrogen and oxygen atoms in total. The molecule has 0 bridgehead atoms. The molecule has 15 heavy (non-hydrogen) atoms. The van der Waals surface area contributed by atoms with Gasteiger partial charge in [0, 0.05) is 13.0 Å². The summed E-state index contributed by atoms with van der Waals surface area (Å²) in [6.07, 6.45) is -0.280. The Morgan fingerprint density at radius 2 is 2.33 bits per heavy atom. The fourth-order valence-electron chi connectivity index (χ4n) is 0.859. The van der Waals surface area contributed by atoms with Crippen LogP contribution in [0.1, 0.15) is 5.89 Å². The lowest BCUT2D eigenvalue weighted by Gasteiger charge is -2.00. The number of rotatable bonds is 6. The molecule has 1 aromatic heterocycles. The molecule has 0 radical (unpaired) electrons. The number of carbonyl (C=O) groups excluding carboxylic acids is 1. The maximum atomic E-state index is 10.2. The average molecular weight is 215 g/mol. The summed E-state index contributed by atoms with van der Waals surface area (Å²) in [5, 5.41) is 10.2. The number of nitrogens with zero attached hydrogens (tertiary/aromatic N) is 2. The molecule has 0 saturated carbocycles. The maximum absolute atomic E-state index is 10.2. The number of nitrogens with two attached hydrogens (primary N) is 2. The Kier molecular flexibility index (Phi) is 4.35. The fraction of sp³-hybridized carbons (Fsp3) is 0.571. The van der Waals surface area contributed by atoms with Gasteiger partial charge in [0.1, 0.15) is 6.61 Å². The lowest BCUT2D eigenvalue weighted by molar-refractivity contribution is 0.161. The molecule has 8 heteroatoms. The van der Waals surface area contributed by atoms with Crippen LogP contribution in [0.15, 0.2) is 4.42 Å². The van der Waals surface area contributed by atoms with E-state index in [1.54, 1.807) is 0 Å². The monoisotopic (exact) mass is 215 g/mol. The van der Waals surface area contributed by atoms with Crippen molar-refractivity contribution in [2.75, 3.05) is 25.0 Å². The second kappa shape index (κ2) is 5.81. The van der Waals surface area contributed by atoms with E-state index in [9.17, 15) is 4.79 Å². The smallest absolute Gasteiger partial charge is 0.404 e. The van der Waals surface area contributed by atoms with Crippen molar-refractivity contribution in [3.8, 4) is 0 Å².